The summed E-state index contributed by atoms with van der Waals surface area (Å²) >= 11 is 0. The second-order valence-corrected chi connectivity index (χ2v) is 9.93. The van der Waals surface area contributed by atoms with E-state index in [1.54, 1.807) is 0 Å². The van der Waals surface area contributed by atoms with Crippen LogP contribution in [0.1, 0.15) is 46.3 Å². The topological polar surface area (TPSA) is 58.8 Å². The summed E-state index contributed by atoms with van der Waals surface area (Å²) in [5.74, 6) is 0.340. The van der Waals surface area contributed by atoms with Gasteiger partial charge in [-0.1, -0.05) is 24.3 Å². The zero-order valence-corrected chi connectivity index (χ0v) is 20.0. The van der Waals surface area contributed by atoms with Gasteiger partial charge in [0.2, 0.25) is 5.91 Å². The van der Waals surface area contributed by atoms with Gasteiger partial charge in [-0.05, 0) is 91.5 Å². The van der Waals surface area contributed by atoms with Crippen molar-refractivity contribution >= 4 is 22.4 Å². The first-order valence-electron chi connectivity index (χ1n) is 11.8. The molecular formula is C28H33N3O2. The average Bonchev–Trinajstić information content (AvgIpc) is 3.59. The minimum atomic E-state index is -0.400. The second-order valence-electron chi connectivity index (χ2n) is 9.93. The largest absolute Gasteiger partial charge is 0.492 e. The Bertz CT molecular complexity index is 1230. The van der Waals surface area contributed by atoms with Crippen LogP contribution in [0.2, 0.25) is 0 Å². The lowest BCUT2D eigenvalue weighted by Gasteiger charge is -2.37. The molecule has 3 aromatic carbocycles. The molecule has 2 aliphatic rings. The molecule has 0 radical (unpaired) electrons. The number of hydrogen-bond acceptors (Lipinski definition) is 4. The maximum absolute atomic E-state index is 12.4. The third-order valence-electron chi connectivity index (χ3n) is 7.67. The number of carbonyl (C=O) groups excluding carboxylic acids is 1. The number of likely N-dealkylation sites (N-methyl/N-ethyl adjacent to an activating group) is 1. The highest BCUT2D eigenvalue weighted by Crippen LogP contribution is 2.57. The Morgan fingerprint density at radius 3 is 2.52 bits per heavy atom. The molecule has 2 N–H and O–H groups in total. The molecule has 1 saturated heterocycles. The Balaban J connectivity index is 1.63. The predicted octanol–water partition coefficient (Wildman–Crippen LogP) is 4.48. The van der Waals surface area contributed by atoms with Crippen LogP contribution >= 0.6 is 0 Å². The van der Waals surface area contributed by atoms with Crippen molar-refractivity contribution in [2.75, 3.05) is 39.2 Å². The summed E-state index contributed by atoms with van der Waals surface area (Å²) in [6.07, 6.45) is 3.23. The number of amides is 1. The van der Waals surface area contributed by atoms with Gasteiger partial charge in [0.05, 0.1) is 0 Å². The average molecular weight is 444 g/mol. The molecule has 172 valence electrons. The van der Waals surface area contributed by atoms with E-state index in [2.05, 4.69) is 73.4 Å². The molecule has 1 atom stereocenters. The standard InChI is InChI=1S/C28H33N3O2/c1-18-24(27(29)32)15-22(33-17-20-9-12-31(20)4)16-25(18)28(10-11-28)26-14-21(30(2)3)13-19-7-5-6-8-23(19)26/h5-8,13-16,20H,9-12,17H2,1-4H3,(H2,29,32). The van der Waals surface area contributed by atoms with Crippen molar-refractivity contribution in [3.63, 3.8) is 0 Å². The van der Waals surface area contributed by atoms with Crippen molar-refractivity contribution in [2.45, 2.75) is 37.6 Å². The van der Waals surface area contributed by atoms with Crippen LogP contribution in [0.25, 0.3) is 10.8 Å². The summed E-state index contributed by atoms with van der Waals surface area (Å²) in [7, 11) is 6.28. The van der Waals surface area contributed by atoms with Gasteiger partial charge in [-0.2, -0.15) is 0 Å². The van der Waals surface area contributed by atoms with Gasteiger partial charge in [0.15, 0.2) is 0 Å². The SMILES string of the molecule is Cc1c(C(N)=O)cc(OCC2CCN2C)cc1C1(c2cc(N(C)C)cc3ccccc23)CC1. The van der Waals surface area contributed by atoms with E-state index in [0.717, 1.165) is 42.7 Å². The van der Waals surface area contributed by atoms with Crippen LogP contribution in [0.4, 0.5) is 5.69 Å². The highest BCUT2D eigenvalue weighted by molar-refractivity contribution is 5.96. The monoisotopic (exact) mass is 443 g/mol. The fourth-order valence-corrected chi connectivity index (χ4v) is 5.25. The van der Waals surface area contributed by atoms with Crippen LogP contribution in [0.15, 0.2) is 48.5 Å². The van der Waals surface area contributed by atoms with Crippen molar-refractivity contribution < 1.29 is 9.53 Å². The predicted molar refractivity (Wildman–Crippen MR) is 135 cm³/mol. The Morgan fingerprint density at radius 2 is 1.91 bits per heavy atom. The molecule has 0 spiro atoms. The zero-order valence-electron chi connectivity index (χ0n) is 20.0. The van der Waals surface area contributed by atoms with Gasteiger partial charge < -0.3 is 15.4 Å². The van der Waals surface area contributed by atoms with E-state index in [-0.39, 0.29) is 5.41 Å². The third-order valence-corrected chi connectivity index (χ3v) is 7.67. The summed E-state index contributed by atoms with van der Waals surface area (Å²) in [5.41, 5.74) is 10.9. The molecule has 1 saturated carbocycles. The van der Waals surface area contributed by atoms with Crippen molar-refractivity contribution in [3.8, 4) is 5.75 Å². The maximum Gasteiger partial charge on any atom is 0.249 e. The van der Waals surface area contributed by atoms with Crippen molar-refractivity contribution in [3.05, 3.63) is 70.8 Å². The molecule has 0 bridgehead atoms. The number of nitrogens with two attached hydrogens (primary N) is 1. The lowest BCUT2D eigenvalue weighted by molar-refractivity contribution is 0.0767. The van der Waals surface area contributed by atoms with E-state index in [9.17, 15) is 4.79 Å². The van der Waals surface area contributed by atoms with Gasteiger partial charge in [0.1, 0.15) is 12.4 Å². The van der Waals surface area contributed by atoms with Gasteiger partial charge in [-0.3, -0.25) is 9.69 Å². The number of anilines is 1. The zero-order chi connectivity index (χ0) is 23.3. The summed E-state index contributed by atoms with van der Waals surface area (Å²) in [5, 5.41) is 2.50. The number of nitrogens with zero attached hydrogens (tertiary/aromatic N) is 2. The number of carbonyl (C=O) groups is 1. The molecule has 1 unspecified atom stereocenters. The van der Waals surface area contributed by atoms with Crippen molar-refractivity contribution in [1.29, 1.82) is 0 Å². The van der Waals surface area contributed by atoms with Gasteiger partial charge in [0.25, 0.3) is 0 Å². The molecule has 1 amide bonds. The molecule has 5 nitrogen and oxygen atoms in total. The molecule has 1 heterocycles. The summed E-state index contributed by atoms with van der Waals surface area (Å²) in [6, 6.07) is 17.6. The van der Waals surface area contributed by atoms with Crippen LogP contribution in [-0.2, 0) is 5.41 Å². The first kappa shape index (κ1) is 21.8. The fraction of sp³-hybridized carbons (Fsp3) is 0.393. The normalized spacial score (nSPS) is 19.2. The lowest BCUT2D eigenvalue weighted by atomic mass is 9.81. The molecule has 2 fully saturated rings. The van der Waals surface area contributed by atoms with Crippen LogP contribution in [0.3, 0.4) is 0 Å². The molecule has 3 aromatic rings. The molecule has 5 rings (SSSR count). The molecule has 0 aromatic heterocycles. The fourth-order valence-electron chi connectivity index (χ4n) is 5.25. The van der Waals surface area contributed by atoms with Crippen LogP contribution in [0, 0.1) is 6.92 Å². The molecular weight excluding hydrogens is 410 g/mol. The number of fused-ring (bicyclic) bond motifs is 1. The number of rotatable bonds is 7. The highest BCUT2D eigenvalue weighted by atomic mass is 16.5. The van der Waals surface area contributed by atoms with Crippen molar-refractivity contribution in [2.24, 2.45) is 5.73 Å². The van der Waals surface area contributed by atoms with E-state index >= 15 is 0 Å². The quantitative estimate of drug-likeness (QED) is 0.585. The van der Waals surface area contributed by atoms with E-state index in [0.29, 0.717) is 18.2 Å². The Morgan fingerprint density at radius 1 is 1.15 bits per heavy atom. The Hall–Kier alpha value is -3.05. The number of likely N-dealkylation sites (tertiary alicyclic amines) is 1. The van der Waals surface area contributed by atoms with Crippen LogP contribution in [0.5, 0.6) is 5.75 Å². The smallest absolute Gasteiger partial charge is 0.249 e. The van der Waals surface area contributed by atoms with Gasteiger partial charge in [-0.25, -0.2) is 0 Å². The second kappa shape index (κ2) is 8.07. The Kier molecular flexibility index (Phi) is 5.32. The highest BCUT2D eigenvalue weighted by Gasteiger charge is 2.48. The third kappa shape index (κ3) is 3.74. The van der Waals surface area contributed by atoms with E-state index in [4.69, 9.17) is 10.5 Å². The molecule has 1 aliphatic heterocycles. The summed E-state index contributed by atoms with van der Waals surface area (Å²) < 4.78 is 6.22. The molecule has 1 aliphatic carbocycles. The summed E-state index contributed by atoms with van der Waals surface area (Å²) in [6.45, 7) is 3.76. The van der Waals surface area contributed by atoms with Gasteiger partial charge >= 0.3 is 0 Å². The molecule has 5 heteroatoms. The molecule has 33 heavy (non-hydrogen) atoms. The Labute approximate surface area is 196 Å². The summed E-state index contributed by atoms with van der Waals surface area (Å²) in [4.78, 5) is 16.8. The first-order valence-corrected chi connectivity index (χ1v) is 11.8. The lowest BCUT2D eigenvalue weighted by Crippen LogP contribution is -2.48. The number of primary amides is 1. The first-order chi connectivity index (χ1) is 15.8. The maximum atomic E-state index is 12.4. The van der Waals surface area contributed by atoms with E-state index in [1.165, 1.54) is 22.0 Å². The number of benzene rings is 3. The van der Waals surface area contributed by atoms with Crippen LogP contribution < -0.4 is 15.4 Å². The number of ether oxygens (including phenoxy) is 1. The van der Waals surface area contributed by atoms with Gasteiger partial charge in [-0.15, -0.1) is 0 Å². The van der Waals surface area contributed by atoms with E-state index in [1.807, 2.05) is 13.0 Å². The van der Waals surface area contributed by atoms with Crippen molar-refractivity contribution in [1.82, 2.24) is 4.90 Å². The van der Waals surface area contributed by atoms with E-state index < -0.39 is 5.91 Å². The van der Waals surface area contributed by atoms with Crippen LogP contribution in [-0.4, -0.2) is 51.1 Å². The number of hydrogen-bond donors (Lipinski definition) is 1. The van der Waals surface area contributed by atoms with Gasteiger partial charge in [0, 0.05) is 36.8 Å². The minimum Gasteiger partial charge on any atom is -0.492 e. The minimum absolute atomic E-state index is 0.132.